The lowest BCUT2D eigenvalue weighted by atomic mass is 10.4. The zero-order chi connectivity index (χ0) is 11.0. The molecule has 5 nitrogen and oxygen atoms in total. The van der Waals surface area contributed by atoms with Crippen molar-refractivity contribution in [1.29, 1.82) is 0 Å². The van der Waals surface area contributed by atoms with Crippen molar-refractivity contribution in [2.75, 3.05) is 39.8 Å². The summed E-state index contributed by atoms with van der Waals surface area (Å²) in [6, 6.07) is 0. The number of hydrogen-bond acceptors (Lipinski definition) is 4. The summed E-state index contributed by atoms with van der Waals surface area (Å²) in [4.78, 5) is 23.3. The SMILES string of the molecule is COCCN(CC(=O)CCl)C(=O)OC. The third-order valence-corrected chi connectivity index (χ3v) is 1.81. The van der Waals surface area contributed by atoms with Gasteiger partial charge >= 0.3 is 6.09 Å². The lowest BCUT2D eigenvalue weighted by Crippen LogP contribution is -2.38. The molecule has 0 aliphatic carbocycles. The first-order chi connectivity index (χ1) is 6.65. The van der Waals surface area contributed by atoms with Crippen LogP contribution in [0.1, 0.15) is 0 Å². The number of rotatable bonds is 6. The van der Waals surface area contributed by atoms with Crippen LogP contribution in [0.15, 0.2) is 0 Å². The maximum absolute atomic E-state index is 11.1. The van der Waals surface area contributed by atoms with Gasteiger partial charge in [-0.1, -0.05) is 0 Å². The highest BCUT2D eigenvalue weighted by Gasteiger charge is 2.16. The Bertz CT molecular complexity index is 198. The van der Waals surface area contributed by atoms with Crippen LogP contribution < -0.4 is 0 Å². The molecule has 1 amide bonds. The van der Waals surface area contributed by atoms with Crippen molar-refractivity contribution in [2.24, 2.45) is 0 Å². The first kappa shape index (κ1) is 13.2. The van der Waals surface area contributed by atoms with Gasteiger partial charge < -0.3 is 9.47 Å². The van der Waals surface area contributed by atoms with Crippen molar-refractivity contribution < 1.29 is 19.1 Å². The Balaban J connectivity index is 4.09. The molecule has 6 heteroatoms. The van der Waals surface area contributed by atoms with Gasteiger partial charge in [0.1, 0.15) is 0 Å². The molecule has 0 aromatic rings. The van der Waals surface area contributed by atoms with E-state index in [1.54, 1.807) is 0 Å². The average Bonchev–Trinajstić information content (AvgIpc) is 2.22. The first-order valence-corrected chi connectivity index (χ1v) is 4.58. The fraction of sp³-hybridized carbons (Fsp3) is 0.750. The van der Waals surface area contributed by atoms with Gasteiger partial charge in [-0.3, -0.25) is 9.69 Å². The van der Waals surface area contributed by atoms with E-state index < -0.39 is 6.09 Å². The number of hydrogen-bond donors (Lipinski definition) is 0. The van der Waals surface area contributed by atoms with E-state index in [9.17, 15) is 9.59 Å². The van der Waals surface area contributed by atoms with Crippen molar-refractivity contribution in [3.63, 3.8) is 0 Å². The molecule has 0 aromatic heterocycles. The second-order valence-corrected chi connectivity index (χ2v) is 2.82. The number of nitrogens with zero attached hydrogens (tertiary/aromatic N) is 1. The van der Waals surface area contributed by atoms with E-state index in [4.69, 9.17) is 16.3 Å². The van der Waals surface area contributed by atoms with Crippen molar-refractivity contribution in [3.8, 4) is 0 Å². The predicted octanol–water partition coefficient (Wildman–Crippen LogP) is 0.509. The Morgan fingerprint density at radius 1 is 1.36 bits per heavy atom. The van der Waals surface area contributed by atoms with Gasteiger partial charge in [0.25, 0.3) is 0 Å². The van der Waals surface area contributed by atoms with Gasteiger partial charge in [0, 0.05) is 13.7 Å². The van der Waals surface area contributed by atoms with Gasteiger partial charge in [0.15, 0.2) is 5.78 Å². The second-order valence-electron chi connectivity index (χ2n) is 2.56. The Morgan fingerprint density at radius 3 is 2.43 bits per heavy atom. The lowest BCUT2D eigenvalue weighted by Gasteiger charge is -2.19. The predicted molar refractivity (Wildman–Crippen MR) is 51.6 cm³/mol. The molecule has 0 spiro atoms. The number of Topliss-reactive ketones (excluding diaryl/α,β-unsaturated/α-hetero) is 1. The summed E-state index contributed by atoms with van der Waals surface area (Å²) in [6.45, 7) is 0.621. The highest BCUT2D eigenvalue weighted by atomic mass is 35.5. The first-order valence-electron chi connectivity index (χ1n) is 4.05. The molecule has 82 valence electrons. The van der Waals surface area contributed by atoms with Gasteiger partial charge in [-0.15, -0.1) is 11.6 Å². The zero-order valence-electron chi connectivity index (χ0n) is 8.29. The molecule has 0 unspecified atom stereocenters. The lowest BCUT2D eigenvalue weighted by molar-refractivity contribution is -0.117. The Kier molecular flexibility index (Phi) is 7.14. The minimum Gasteiger partial charge on any atom is -0.453 e. The number of ketones is 1. The number of ether oxygens (including phenoxy) is 2. The van der Waals surface area contributed by atoms with Crippen LogP contribution in [0, 0.1) is 0 Å². The number of carbonyl (C=O) groups is 2. The number of carbonyl (C=O) groups excluding carboxylic acids is 2. The van der Waals surface area contributed by atoms with E-state index in [0.717, 1.165) is 0 Å². The van der Waals surface area contributed by atoms with Gasteiger partial charge in [0.2, 0.25) is 0 Å². The molecule has 0 N–H and O–H groups in total. The molecule has 0 radical (unpaired) electrons. The molecule has 0 fully saturated rings. The zero-order valence-corrected chi connectivity index (χ0v) is 9.04. The highest BCUT2D eigenvalue weighted by Crippen LogP contribution is 1.94. The number of methoxy groups -OCH3 is 2. The number of alkyl halides is 1. The van der Waals surface area contributed by atoms with Crippen LogP contribution in [0.5, 0.6) is 0 Å². The van der Waals surface area contributed by atoms with Gasteiger partial charge in [-0.05, 0) is 0 Å². The minimum atomic E-state index is -0.555. The van der Waals surface area contributed by atoms with Crippen molar-refractivity contribution in [1.82, 2.24) is 4.90 Å². The summed E-state index contributed by atoms with van der Waals surface area (Å²) in [5.74, 6) is -0.339. The summed E-state index contributed by atoms with van der Waals surface area (Å²) in [7, 11) is 2.77. The van der Waals surface area contributed by atoms with Gasteiger partial charge in [-0.25, -0.2) is 4.79 Å². The van der Waals surface area contributed by atoms with Crippen LogP contribution in [-0.4, -0.2) is 56.6 Å². The highest BCUT2D eigenvalue weighted by molar-refractivity contribution is 6.28. The topological polar surface area (TPSA) is 55.8 Å². The molecule has 0 rings (SSSR count). The molecule has 0 saturated carbocycles. The molecule has 0 saturated heterocycles. The van der Waals surface area contributed by atoms with E-state index in [1.165, 1.54) is 19.1 Å². The molecule has 0 aliphatic rings. The summed E-state index contributed by atoms with van der Waals surface area (Å²) < 4.78 is 9.28. The van der Waals surface area contributed by atoms with E-state index >= 15 is 0 Å². The number of halogens is 1. The monoisotopic (exact) mass is 223 g/mol. The quantitative estimate of drug-likeness (QED) is 0.616. The average molecular weight is 224 g/mol. The largest absolute Gasteiger partial charge is 0.453 e. The third kappa shape index (κ3) is 5.04. The Labute approximate surface area is 87.9 Å². The van der Waals surface area contributed by atoms with E-state index in [0.29, 0.717) is 13.2 Å². The van der Waals surface area contributed by atoms with E-state index in [1.807, 2.05) is 0 Å². The smallest absolute Gasteiger partial charge is 0.409 e. The molecule has 0 aliphatic heterocycles. The molecule has 0 atom stereocenters. The fourth-order valence-electron chi connectivity index (χ4n) is 0.821. The van der Waals surface area contributed by atoms with Gasteiger partial charge in [0.05, 0.1) is 26.1 Å². The van der Waals surface area contributed by atoms with Crippen molar-refractivity contribution in [3.05, 3.63) is 0 Å². The molecule has 0 aromatic carbocycles. The standard InChI is InChI=1S/C8H14ClNO4/c1-13-4-3-10(8(12)14-2)6-7(11)5-9/h3-6H2,1-2H3. The second kappa shape index (κ2) is 7.58. The normalized spacial score (nSPS) is 9.64. The maximum atomic E-state index is 11.1. The van der Waals surface area contributed by atoms with Crippen LogP contribution in [0.3, 0.4) is 0 Å². The summed E-state index contributed by atoms with van der Waals surface area (Å²) in [5, 5.41) is 0. The molecule has 0 heterocycles. The van der Waals surface area contributed by atoms with Crippen molar-refractivity contribution in [2.45, 2.75) is 0 Å². The summed E-state index contributed by atoms with van der Waals surface area (Å²) >= 11 is 5.32. The van der Waals surface area contributed by atoms with Crippen LogP contribution >= 0.6 is 11.6 Å². The number of amides is 1. The Hall–Kier alpha value is -0.810. The Morgan fingerprint density at radius 2 is 2.00 bits per heavy atom. The minimum absolute atomic E-state index is 0.0421. The van der Waals surface area contributed by atoms with Crippen molar-refractivity contribution >= 4 is 23.5 Å². The summed E-state index contributed by atoms with van der Waals surface area (Å²) in [5.41, 5.74) is 0. The van der Waals surface area contributed by atoms with Gasteiger partial charge in [-0.2, -0.15) is 0 Å². The van der Waals surface area contributed by atoms with Crippen LogP contribution in [-0.2, 0) is 14.3 Å². The van der Waals surface area contributed by atoms with E-state index in [-0.39, 0.29) is 18.2 Å². The maximum Gasteiger partial charge on any atom is 0.409 e. The summed E-state index contributed by atoms with van der Waals surface area (Å²) in [6.07, 6.45) is -0.555. The van der Waals surface area contributed by atoms with Crippen LogP contribution in [0.2, 0.25) is 0 Å². The van der Waals surface area contributed by atoms with Crippen LogP contribution in [0.4, 0.5) is 4.79 Å². The van der Waals surface area contributed by atoms with E-state index in [2.05, 4.69) is 4.74 Å². The molecular formula is C8H14ClNO4. The molecule has 0 bridgehead atoms. The fourth-order valence-corrected chi connectivity index (χ4v) is 0.905. The van der Waals surface area contributed by atoms with Crippen LogP contribution in [0.25, 0.3) is 0 Å². The third-order valence-electron chi connectivity index (χ3n) is 1.51. The molecule has 14 heavy (non-hydrogen) atoms. The molecular weight excluding hydrogens is 210 g/mol.